The lowest BCUT2D eigenvalue weighted by molar-refractivity contribution is 0.0731. The van der Waals surface area contributed by atoms with Gasteiger partial charge in [-0.1, -0.05) is 79.2 Å². The van der Waals surface area contributed by atoms with Gasteiger partial charge in [0.05, 0.1) is 10.9 Å². The van der Waals surface area contributed by atoms with Crippen molar-refractivity contribution in [2.24, 2.45) is 0 Å². The summed E-state index contributed by atoms with van der Waals surface area (Å²) in [5.74, 6) is -0.517. The lowest BCUT2D eigenvalue weighted by Crippen LogP contribution is -2.16. The molecule has 0 aliphatic heterocycles. The topological polar surface area (TPSA) is 56.5 Å². The SMILES string of the molecule is CC(C)(C)c1ccc(-c2oc3ccccc3c(=O)c2OC(=O)c2cccc(Br)c2)cc1. The average molecular weight is 477 g/mol. The molecule has 0 saturated heterocycles. The van der Waals surface area contributed by atoms with Crippen molar-refractivity contribution in [3.05, 3.63) is 98.6 Å². The van der Waals surface area contributed by atoms with Gasteiger partial charge in [0.2, 0.25) is 11.2 Å². The van der Waals surface area contributed by atoms with Gasteiger partial charge in [-0.15, -0.1) is 0 Å². The highest BCUT2D eigenvalue weighted by atomic mass is 79.9. The minimum absolute atomic E-state index is 0.0151. The normalized spacial score (nSPS) is 11.5. The maximum absolute atomic E-state index is 13.2. The molecule has 0 atom stereocenters. The van der Waals surface area contributed by atoms with E-state index in [9.17, 15) is 9.59 Å². The van der Waals surface area contributed by atoms with Gasteiger partial charge < -0.3 is 9.15 Å². The van der Waals surface area contributed by atoms with Gasteiger partial charge in [0, 0.05) is 10.0 Å². The number of para-hydroxylation sites is 1. The van der Waals surface area contributed by atoms with Crippen LogP contribution in [0.2, 0.25) is 0 Å². The Bertz CT molecular complexity index is 1330. The molecule has 0 bridgehead atoms. The third-order valence-corrected chi connectivity index (χ3v) is 5.52. The molecule has 0 N–H and O–H groups in total. The summed E-state index contributed by atoms with van der Waals surface area (Å²) < 4.78 is 12.4. The molecule has 1 aromatic heterocycles. The van der Waals surface area contributed by atoms with E-state index in [4.69, 9.17) is 9.15 Å². The summed E-state index contributed by atoms with van der Waals surface area (Å²) in [5, 5.41) is 0.356. The molecule has 31 heavy (non-hydrogen) atoms. The third-order valence-electron chi connectivity index (χ3n) is 5.02. The number of carbonyl (C=O) groups excluding carboxylic acids is 1. The zero-order chi connectivity index (χ0) is 22.2. The molecule has 3 aromatic carbocycles. The maximum Gasteiger partial charge on any atom is 0.343 e. The smallest absolute Gasteiger partial charge is 0.343 e. The Kier molecular flexibility index (Phi) is 5.54. The Morgan fingerprint density at radius 3 is 2.32 bits per heavy atom. The zero-order valence-corrected chi connectivity index (χ0v) is 19.0. The van der Waals surface area contributed by atoms with Gasteiger partial charge in [-0.05, 0) is 41.3 Å². The predicted molar refractivity (Wildman–Crippen MR) is 126 cm³/mol. The number of carbonyl (C=O) groups is 1. The summed E-state index contributed by atoms with van der Waals surface area (Å²) in [7, 11) is 0. The summed E-state index contributed by atoms with van der Waals surface area (Å²) in [6, 6.07) is 21.5. The molecule has 4 rings (SSSR count). The number of esters is 1. The van der Waals surface area contributed by atoms with Crippen molar-refractivity contribution in [3.63, 3.8) is 0 Å². The number of rotatable bonds is 3. The number of hydrogen-bond acceptors (Lipinski definition) is 4. The highest BCUT2D eigenvalue weighted by molar-refractivity contribution is 9.10. The van der Waals surface area contributed by atoms with Gasteiger partial charge in [0.25, 0.3) is 0 Å². The summed E-state index contributed by atoms with van der Waals surface area (Å²) >= 11 is 3.35. The lowest BCUT2D eigenvalue weighted by atomic mass is 9.86. The molecule has 1 heterocycles. The number of hydrogen-bond donors (Lipinski definition) is 0. The van der Waals surface area contributed by atoms with E-state index in [1.807, 2.05) is 30.3 Å². The standard InChI is InChI=1S/C26H21BrO4/c1-26(2,3)18-13-11-16(12-14-18)23-24(22(28)20-9-4-5-10-21(20)30-23)31-25(29)17-7-6-8-19(27)15-17/h4-15H,1-3H3. The summed E-state index contributed by atoms with van der Waals surface area (Å²) in [5.41, 5.74) is 2.17. The van der Waals surface area contributed by atoms with E-state index in [-0.39, 0.29) is 22.4 Å². The second-order valence-electron chi connectivity index (χ2n) is 8.31. The van der Waals surface area contributed by atoms with Crippen LogP contribution < -0.4 is 10.2 Å². The fourth-order valence-electron chi connectivity index (χ4n) is 3.30. The van der Waals surface area contributed by atoms with Crippen molar-refractivity contribution < 1.29 is 13.9 Å². The molecule has 4 aromatic rings. The second-order valence-corrected chi connectivity index (χ2v) is 9.23. The first-order valence-corrected chi connectivity index (χ1v) is 10.7. The van der Waals surface area contributed by atoms with Crippen molar-refractivity contribution in [1.29, 1.82) is 0 Å². The van der Waals surface area contributed by atoms with Gasteiger partial charge in [-0.2, -0.15) is 0 Å². The third kappa shape index (κ3) is 4.32. The van der Waals surface area contributed by atoms with Crippen LogP contribution >= 0.6 is 15.9 Å². The van der Waals surface area contributed by atoms with Gasteiger partial charge in [0.1, 0.15) is 5.58 Å². The number of benzene rings is 3. The molecule has 0 unspecified atom stereocenters. The Balaban J connectivity index is 1.86. The van der Waals surface area contributed by atoms with Gasteiger partial charge in [0.15, 0.2) is 5.76 Å². The summed E-state index contributed by atoms with van der Waals surface area (Å²) in [6.45, 7) is 6.38. The Morgan fingerprint density at radius 2 is 1.65 bits per heavy atom. The van der Waals surface area contributed by atoms with E-state index in [1.165, 1.54) is 0 Å². The highest BCUT2D eigenvalue weighted by Crippen LogP contribution is 2.33. The van der Waals surface area contributed by atoms with E-state index in [2.05, 4.69) is 36.7 Å². The number of ether oxygens (including phenoxy) is 1. The molecule has 4 nitrogen and oxygen atoms in total. The summed E-state index contributed by atoms with van der Waals surface area (Å²) in [6.07, 6.45) is 0. The van der Waals surface area contributed by atoms with Gasteiger partial charge >= 0.3 is 5.97 Å². The van der Waals surface area contributed by atoms with Crippen LogP contribution in [0.1, 0.15) is 36.7 Å². The van der Waals surface area contributed by atoms with Crippen LogP contribution in [-0.4, -0.2) is 5.97 Å². The second kappa shape index (κ2) is 8.16. The molecule has 156 valence electrons. The van der Waals surface area contributed by atoms with E-state index in [0.717, 1.165) is 10.0 Å². The van der Waals surface area contributed by atoms with Crippen LogP contribution in [0.5, 0.6) is 5.75 Å². The van der Waals surface area contributed by atoms with Crippen molar-refractivity contribution in [2.45, 2.75) is 26.2 Å². The lowest BCUT2D eigenvalue weighted by Gasteiger charge is -2.19. The van der Waals surface area contributed by atoms with Crippen molar-refractivity contribution >= 4 is 32.9 Å². The molecule has 0 aliphatic rings. The predicted octanol–water partition coefficient (Wildman–Crippen LogP) is 6.74. The number of fused-ring (bicyclic) bond motifs is 1. The first-order chi connectivity index (χ1) is 14.7. The van der Waals surface area contributed by atoms with E-state index in [1.54, 1.807) is 42.5 Å². The van der Waals surface area contributed by atoms with Crippen LogP contribution in [0, 0.1) is 0 Å². The Labute approximate surface area is 188 Å². The van der Waals surface area contributed by atoms with Crippen LogP contribution in [0.15, 0.2) is 86.5 Å². The van der Waals surface area contributed by atoms with Crippen molar-refractivity contribution in [1.82, 2.24) is 0 Å². The van der Waals surface area contributed by atoms with Crippen LogP contribution in [0.3, 0.4) is 0 Å². The van der Waals surface area contributed by atoms with Crippen LogP contribution in [-0.2, 0) is 5.41 Å². The average Bonchev–Trinajstić information content (AvgIpc) is 2.75. The van der Waals surface area contributed by atoms with Crippen molar-refractivity contribution in [3.8, 4) is 17.1 Å². The van der Waals surface area contributed by atoms with Gasteiger partial charge in [-0.25, -0.2) is 4.79 Å². The van der Waals surface area contributed by atoms with Gasteiger partial charge in [-0.3, -0.25) is 4.79 Å². The first kappa shape index (κ1) is 21.1. The van der Waals surface area contributed by atoms with E-state index >= 15 is 0 Å². The fraction of sp³-hybridized carbons (Fsp3) is 0.154. The van der Waals surface area contributed by atoms with Crippen LogP contribution in [0.4, 0.5) is 0 Å². The monoisotopic (exact) mass is 476 g/mol. The molecule has 0 saturated carbocycles. The maximum atomic E-state index is 13.2. The van der Waals surface area contributed by atoms with Crippen LogP contribution in [0.25, 0.3) is 22.3 Å². The van der Waals surface area contributed by atoms with E-state index < -0.39 is 5.97 Å². The first-order valence-electron chi connectivity index (χ1n) is 9.88. The Hall–Kier alpha value is -3.18. The number of halogens is 1. The largest absolute Gasteiger partial charge is 0.452 e. The Morgan fingerprint density at radius 1 is 0.935 bits per heavy atom. The minimum Gasteiger partial charge on any atom is -0.452 e. The zero-order valence-electron chi connectivity index (χ0n) is 17.4. The van der Waals surface area contributed by atoms with E-state index in [0.29, 0.717) is 22.1 Å². The molecule has 0 amide bonds. The molecular weight excluding hydrogens is 456 g/mol. The fourth-order valence-corrected chi connectivity index (χ4v) is 3.70. The molecular formula is C26H21BrO4. The molecule has 0 radical (unpaired) electrons. The quantitative estimate of drug-likeness (QED) is 0.307. The molecule has 0 spiro atoms. The molecule has 5 heteroatoms. The minimum atomic E-state index is -0.628. The summed E-state index contributed by atoms with van der Waals surface area (Å²) in [4.78, 5) is 26.0. The molecule has 0 fully saturated rings. The van der Waals surface area contributed by atoms with Crippen molar-refractivity contribution in [2.75, 3.05) is 0 Å². The molecule has 0 aliphatic carbocycles. The highest BCUT2D eigenvalue weighted by Gasteiger charge is 2.22.